The first-order valence-corrected chi connectivity index (χ1v) is 6.06. The van der Waals surface area contributed by atoms with Crippen molar-refractivity contribution in [1.82, 2.24) is 0 Å². The van der Waals surface area contributed by atoms with Gasteiger partial charge in [0.15, 0.2) is 0 Å². The summed E-state index contributed by atoms with van der Waals surface area (Å²) in [5, 5.41) is 0. The van der Waals surface area contributed by atoms with Crippen LogP contribution in [0.1, 0.15) is 78.6 Å². The molecule has 0 saturated heterocycles. The summed E-state index contributed by atoms with van der Waals surface area (Å²) >= 11 is 0. The monoisotopic (exact) mass is 183 g/mol. The average Bonchev–Trinajstić information content (AvgIpc) is 2.09. The van der Waals surface area contributed by atoms with Gasteiger partial charge in [0.05, 0.1) is 0 Å². The van der Waals surface area contributed by atoms with Gasteiger partial charge in [-0.1, -0.05) is 72.1 Å². The van der Waals surface area contributed by atoms with Crippen molar-refractivity contribution in [3.05, 3.63) is 5.92 Å². The van der Waals surface area contributed by atoms with Gasteiger partial charge in [0, 0.05) is 0 Å². The number of unbranched alkanes of at least 4 members (excludes halogenated alkanes) is 7. The van der Waals surface area contributed by atoms with Crippen LogP contribution in [0.4, 0.5) is 0 Å². The Morgan fingerprint density at radius 2 is 1.15 bits per heavy atom. The maximum Gasteiger partial charge on any atom is -0.0303 e. The number of rotatable bonds is 9. The summed E-state index contributed by atoms with van der Waals surface area (Å²) in [6.45, 7) is 6.75. The van der Waals surface area contributed by atoms with Crippen LogP contribution in [-0.2, 0) is 0 Å². The standard InChI is InChI=1S/C13H27/c1-4-5-6-7-8-9-10-11-12-13(2)3/h4-12H2,1-3H3. The van der Waals surface area contributed by atoms with Crippen molar-refractivity contribution < 1.29 is 0 Å². The Hall–Kier alpha value is 0. The first-order valence-electron chi connectivity index (χ1n) is 6.06. The van der Waals surface area contributed by atoms with E-state index in [1.807, 2.05) is 0 Å². The molecular formula is C13H27. The average molecular weight is 183 g/mol. The van der Waals surface area contributed by atoms with Crippen molar-refractivity contribution in [2.24, 2.45) is 0 Å². The van der Waals surface area contributed by atoms with Crippen molar-refractivity contribution in [2.45, 2.75) is 78.6 Å². The lowest BCUT2D eigenvalue weighted by Crippen LogP contribution is -1.85. The fourth-order valence-electron chi connectivity index (χ4n) is 1.61. The Bertz CT molecular complexity index is 84.0. The molecule has 0 fully saturated rings. The van der Waals surface area contributed by atoms with Crippen molar-refractivity contribution in [1.29, 1.82) is 0 Å². The summed E-state index contributed by atoms with van der Waals surface area (Å²) in [6, 6.07) is 0. The third kappa shape index (κ3) is 12.0. The van der Waals surface area contributed by atoms with E-state index in [0.717, 1.165) is 0 Å². The molecule has 0 aromatic carbocycles. The van der Waals surface area contributed by atoms with Crippen LogP contribution in [0.5, 0.6) is 0 Å². The van der Waals surface area contributed by atoms with Crippen molar-refractivity contribution in [2.75, 3.05) is 0 Å². The Morgan fingerprint density at radius 1 is 0.692 bits per heavy atom. The third-order valence-electron chi connectivity index (χ3n) is 2.53. The normalized spacial score (nSPS) is 11.1. The predicted molar refractivity (Wildman–Crippen MR) is 61.8 cm³/mol. The fourth-order valence-corrected chi connectivity index (χ4v) is 1.61. The van der Waals surface area contributed by atoms with Gasteiger partial charge < -0.3 is 0 Å². The molecule has 0 bridgehead atoms. The van der Waals surface area contributed by atoms with Gasteiger partial charge in [0.2, 0.25) is 0 Å². The van der Waals surface area contributed by atoms with Gasteiger partial charge >= 0.3 is 0 Å². The first-order chi connectivity index (χ1) is 6.27. The van der Waals surface area contributed by atoms with Crippen LogP contribution >= 0.6 is 0 Å². The fraction of sp³-hybridized carbons (Fsp3) is 0.923. The van der Waals surface area contributed by atoms with E-state index in [0.29, 0.717) is 0 Å². The summed E-state index contributed by atoms with van der Waals surface area (Å²) < 4.78 is 0. The van der Waals surface area contributed by atoms with Crippen LogP contribution < -0.4 is 0 Å². The molecule has 13 heavy (non-hydrogen) atoms. The third-order valence-corrected chi connectivity index (χ3v) is 2.53. The second-order valence-electron chi connectivity index (χ2n) is 4.43. The number of hydrogen-bond acceptors (Lipinski definition) is 0. The van der Waals surface area contributed by atoms with Gasteiger partial charge in [-0.15, -0.1) is 0 Å². The second kappa shape index (κ2) is 10.1. The van der Waals surface area contributed by atoms with Crippen molar-refractivity contribution in [3.8, 4) is 0 Å². The molecule has 0 heterocycles. The molecular weight excluding hydrogens is 156 g/mol. The van der Waals surface area contributed by atoms with E-state index in [1.54, 1.807) is 5.92 Å². The topological polar surface area (TPSA) is 0 Å². The second-order valence-corrected chi connectivity index (χ2v) is 4.43. The molecule has 0 aromatic rings. The van der Waals surface area contributed by atoms with Gasteiger partial charge in [0.1, 0.15) is 0 Å². The summed E-state index contributed by atoms with van der Waals surface area (Å²) in [6.07, 6.45) is 12.8. The summed E-state index contributed by atoms with van der Waals surface area (Å²) in [7, 11) is 0. The summed E-state index contributed by atoms with van der Waals surface area (Å²) in [4.78, 5) is 0. The summed E-state index contributed by atoms with van der Waals surface area (Å²) in [5.41, 5.74) is 0. The molecule has 0 aliphatic heterocycles. The quantitative estimate of drug-likeness (QED) is 0.435. The van der Waals surface area contributed by atoms with Gasteiger partial charge in [-0.2, -0.15) is 0 Å². The highest BCUT2D eigenvalue weighted by molar-refractivity contribution is 4.75. The van der Waals surface area contributed by atoms with Crippen LogP contribution in [-0.4, -0.2) is 0 Å². The SMILES string of the molecule is CCCCCCCCCC[C](C)C. The maximum absolute atomic E-state index is 2.28. The van der Waals surface area contributed by atoms with Crippen molar-refractivity contribution in [3.63, 3.8) is 0 Å². The molecule has 0 nitrogen and oxygen atoms in total. The van der Waals surface area contributed by atoms with Gasteiger partial charge in [0.25, 0.3) is 0 Å². The molecule has 79 valence electrons. The molecule has 0 aromatic heterocycles. The van der Waals surface area contributed by atoms with E-state index in [9.17, 15) is 0 Å². The van der Waals surface area contributed by atoms with Crippen LogP contribution in [0.3, 0.4) is 0 Å². The maximum atomic E-state index is 2.28. The molecule has 0 N–H and O–H groups in total. The highest BCUT2D eigenvalue weighted by Gasteiger charge is 1.94. The molecule has 0 aliphatic carbocycles. The minimum Gasteiger partial charge on any atom is -0.0654 e. The summed E-state index contributed by atoms with van der Waals surface area (Å²) in [5.74, 6) is 1.59. The van der Waals surface area contributed by atoms with Crippen LogP contribution in [0.15, 0.2) is 0 Å². The number of hydrogen-bond donors (Lipinski definition) is 0. The molecule has 0 spiro atoms. The lowest BCUT2D eigenvalue weighted by Gasteiger charge is -2.03. The predicted octanol–water partition coefficient (Wildman–Crippen LogP) is 5.13. The largest absolute Gasteiger partial charge is 0.0654 e. The van der Waals surface area contributed by atoms with E-state index in [2.05, 4.69) is 20.8 Å². The van der Waals surface area contributed by atoms with Crippen LogP contribution in [0, 0.1) is 5.92 Å². The van der Waals surface area contributed by atoms with Gasteiger partial charge in [-0.05, 0) is 12.3 Å². The zero-order valence-electron chi connectivity index (χ0n) is 9.86. The Kier molecular flexibility index (Phi) is 10.1. The van der Waals surface area contributed by atoms with Crippen molar-refractivity contribution >= 4 is 0 Å². The van der Waals surface area contributed by atoms with E-state index in [-0.39, 0.29) is 0 Å². The molecule has 0 amide bonds. The van der Waals surface area contributed by atoms with E-state index < -0.39 is 0 Å². The molecule has 0 aliphatic rings. The Morgan fingerprint density at radius 3 is 1.62 bits per heavy atom. The molecule has 0 rings (SSSR count). The first kappa shape index (κ1) is 13.0. The Balaban J connectivity index is 2.84. The lowest BCUT2D eigenvalue weighted by molar-refractivity contribution is 0.568. The highest BCUT2D eigenvalue weighted by atomic mass is 14.0. The smallest absolute Gasteiger partial charge is 0.0303 e. The van der Waals surface area contributed by atoms with Crippen LogP contribution in [0.25, 0.3) is 0 Å². The zero-order chi connectivity index (χ0) is 9.94. The highest BCUT2D eigenvalue weighted by Crippen LogP contribution is 2.13. The van der Waals surface area contributed by atoms with E-state index in [4.69, 9.17) is 0 Å². The molecule has 0 heteroatoms. The Labute approximate surface area is 85.1 Å². The zero-order valence-corrected chi connectivity index (χ0v) is 9.86. The van der Waals surface area contributed by atoms with E-state index >= 15 is 0 Å². The molecule has 0 saturated carbocycles. The minimum atomic E-state index is 1.34. The van der Waals surface area contributed by atoms with E-state index in [1.165, 1.54) is 57.8 Å². The van der Waals surface area contributed by atoms with Gasteiger partial charge in [-0.25, -0.2) is 0 Å². The minimum absolute atomic E-state index is 1.34. The molecule has 0 unspecified atom stereocenters. The van der Waals surface area contributed by atoms with Crippen LogP contribution in [0.2, 0.25) is 0 Å². The van der Waals surface area contributed by atoms with Gasteiger partial charge in [-0.3, -0.25) is 0 Å². The lowest BCUT2D eigenvalue weighted by atomic mass is 10.0. The molecule has 0 atom stereocenters. The molecule has 1 radical (unpaired) electrons.